The first-order chi connectivity index (χ1) is 11.5. The molecule has 1 unspecified atom stereocenters. The fourth-order valence-electron chi connectivity index (χ4n) is 3.19. The molecule has 2 aromatic rings. The minimum Gasteiger partial charge on any atom is -0.477 e. The number of fused-ring (bicyclic) bond motifs is 2. The molecule has 2 aliphatic heterocycles. The molecule has 1 aromatic carbocycles. The van der Waals surface area contributed by atoms with Crippen LogP contribution in [0.4, 0.5) is 5.95 Å². The standard InChI is InChI=1S/C16H16N4O3S/c1-8-7-24-14-11(13(21)20(14)12(8)15(22)23)18-16-17-9-5-3-4-6-10(9)19(16)2/h3-6,11,14H,7H2,1-2H3,(H,17,18)(H,22,23)/t11?,14-/m1/s1. The van der Waals surface area contributed by atoms with Crippen LogP contribution in [0.3, 0.4) is 0 Å². The second-order valence-corrected chi connectivity index (χ2v) is 7.05. The molecular formula is C16H16N4O3S. The van der Waals surface area contributed by atoms with Crippen LogP contribution in [0.1, 0.15) is 6.92 Å². The summed E-state index contributed by atoms with van der Waals surface area (Å²) >= 11 is 1.57. The van der Waals surface area contributed by atoms with Gasteiger partial charge in [-0.1, -0.05) is 12.1 Å². The van der Waals surface area contributed by atoms with Crippen molar-refractivity contribution in [3.63, 3.8) is 0 Å². The molecule has 1 aromatic heterocycles. The molecule has 7 nitrogen and oxygen atoms in total. The van der Waals surface area contributed by atoms with Crippen molar-refractivity contribution in [2.45, 2.75) is 18.3 Å². The number of rotatable bonds is 3. The fraction of sp³-hybridized carbons (Fsp3) is 0.312. The number of amides is 1. The van der Waals surface area contributed by atoms with Crippen LogP contribution >= 0.6 is 11.8 Å². The van der Waals surface area contributed by atoms with Gasteiger partial charge in [0.2, 0.25) is 5.95 Å². The molecule has 8 heteroatoms. The van der Waals surface area contributed by atoms with Crippen LogP contribution in [0.2, 0.25) is 0 Å². The molecule has 0 bridgehead atoms. The lowest BCUT2D eigenvalue weighted by Gasteiger charge is -2.49. The van der Waals surface area contributed by atoms with Gasteiger partial charge in [0, 0.05) is 12.8 Å². The van der Waals surface area contributed by atoms with Gasteiger partial charge in [0.1, 0.15) is 17.1 Å². The normalized spacial score (nSPS) is 23.2. The summed E-state index contributed by atoms with van der Waals surface area (Å²) in [6.07, 6.45) is 0. The number of carboxylic acid groups (broad SMARTS) is 1. The maximum Gasteiger partial charge on any atom is 0.352 e. The number of benzene rings is 1. The van der Waals surface area contributed by atoms with Gasteiger partial charge in [-0.2, -0.15) is 0 Å². The Morgan fingerprint density at radius 1 is 1.42 bits per heavy atom. The number of aryl methyl sites for hydroxylation is 1. The summed E-state index contributed by atoms with van der Waals surface area (Å²) in [5.74, 6) is -0.0575. The van der Waals surface area contributed by atoms with E-state index in [4.69, 9.17) is 0 Å². The van der Waals surface area contributed by atoms with Crippen molar-refractivity contribution in [2.24, 2.45) is 7.05 Å². The smallest absolute Gasteiger partial charge is 0.352 e. The van der Waals surface area contributed by atoms with Gasteiger partial charge in [0.15, 0.2) is 0 Å². The Balaban J connectivity index is 1.62. The molecule has 1 saturated heterocycles. The molecular weight excluding hydrogens is 328 g/mol. The lowest BCUT2D eigenvalue weighted by Crippen LogP contribution is -2.67. The number of aliphatic carboxylic acids is 1. The third-order valence-corrected chi connectivity index (χ3v) is 5.86. The van der Waals surface area contributed by atoms with Gasteiger partial charge >= 0.3 is 5.97 Å². The molecule has 2 N–H and O–H groups in total. The highest BCUT2D eigenvalue weighted by atomic mass is 32.2. The number of imidazole rings is 1. The Hall–Kier alpha value is -2.48. The summed E-state index contributed by atoms with van der Waals surface area (Å²) < 4.78 is 1.90. The number of para-hydroxylation sites is 2. The van der Waals surface area contributed by atoms with E-state index in [0.29, 0.717) is 11.7 Å². The van der Waals surface area contributed by atoms with Gasteiger partial charge in [-0.3, -0.25) is 9.69 Å². The zero-order valence-corrected chi connectivity index (χ0v) is 14.0. The highest BCUT2D eigenvalue weighted by Gasteiger charge is 2.53. The van der Waals surface area contributed by atoms with E-state index in [2.05, 4.69) is 10.3 Å². The van der Waals surface area contributed by atoms with Crippen LogP contribution in [0.15, 0.2) is 35.5 Å². The van der Waals surface area contributed by atoms with Crippen molar-refractivity contribution >= 4 is 40.6 Å². The predicted octanol–water partition coefficient (Wildman–Crippen LogP) is 1.63. The van der Waals surface area contributed by atoms with Crippen LogP contribution in [0.5, 0.6) is 0 Å². The predicted molar refractivity (Wildman–Crippen MR) is 91.6 cm³/mol. The summed E-state index contributed by atoms with van der Waals surface area (Å²) in [4.78, 5) is 29.8. The van der Waals surface area contributed by atoms with E-state index in [-0.39, 0.29) is 17.0 Å². The van der Waals surface area contributed by atoms with Crippen LogP contribution < -0.4 is 5.32 Å². The first-order valence-corrected chi connectivity index (χ1v) is 8.59. The number of carbonyl (C=O) groups excluding carboxylic acids is 1. The molecule has 4 rings (SSSR count). The average molecular weight is 344 g/mol. The van der Waals surface area contributed by atoms with Gasteiger partial charge in [-0.25, -0.2) is 9.78 Å². The zero-order valence-electron chi connectivity index (χ0n) is 13.2. The number of carbonyl (C=O) groups is 2. The molecule has 24 heavy (non-hydrogen) atoms. The van der Waals surface area contributed by atoms with E-state index in [1.165, 1.54) is 4.90 Å². The highest BCUT2D eigenvalue weighted by Crippen LogP contribution is 2.41. The maximum absolute atomic E-state index is 12.5. The number of nitrogens with zero attached hydrogens (tertiary/aromatic N) is 3. The number of aromatic nitrogens is 2. The monoisotopic (exact) mass is 344 g/mol. The number of hydrogen-bond donors (Lipinski definition) is 2. The Bertz CT molecular complexity index is 904. The molecule has 2 atom stereocenters. The number of anilines is 1. The zero-order chi connectivity index (χ0) is 17.0. The lowest BCUT2D eigenvalue weighted by atomic mass is 10.0. The molecule has 1 fully saturated rings. The first kappa shape index (κ1) is 15.1. The number of thioether (sulfide) groups is 1. The van der Waals surface area contributed by atoms with Crippen LogP contribution in [0.25, 0.3) is 11.0 Å². The van der Waals surface area contributed by atoms with E-state index in [1.54, 1.807) is 18.7 Å². The van der Waals surface area contributed by atoms with Gasteiger partial charge in [-0.05, 0) is 24.6 Å². The molecule has 2 aliphatic rings. The Morgan fingerprint density at radius 2 is 2.17 bits per heavy atom. The maximum atomic E-state index is 12.5. The number of hydrogen-bond acceptors (Lipinski definition) is 5. The second kappa shape index (κ2) is 5.27. The van der Waals surface area contributed by atoms with E-state index in [9.17, 15) is 14.7 Å². The Kier molecular flexibility index (Phi) is 3.31. The third-order valence-electron chi connectivity index (χ3n) is 4.43. The summed E-state index contributed by atoms with van der Waals surface area (Å²) in [7, 11) is 1.89. The average Bonchev–Trinajstić information content (AvgIpc) is 2.88. The van der Waals surface area contributed by atoms with Crippen molar-refractivity contribution < 1.29 is 14.7 Å². The second-order valence-electron chi connectivity index (χ2n) is 5.95. The molecule has 0 aliphatic carbocycles. The highest BCUT2D eigenvalue weighted by molar-refractivity contribution is 8.00. The first-order valence-electron chi connectivity index (χ1n) is 7.54. The van der Waals surface area contributed by atoms with Crippen molar-refractivity contribution in [1.82, 2.24) is 14.5 Å². The topological polar surface area (TPSA) is 87.5 Å². The summed E-state index contributed by atoms with van der Waals surface area (Å²) in [5, 5.41) is 12.3. The molecule has 0 saturated carbocycles. The molecule has 3 heterocycles. The molecule has 1 amide bonds. The van der Waals surface area contributed by atoms with Crippen LogP contribution in [-0.4, -0.2) is 48.6 Å². The van der Waals surface area contributed by atoms with E-state index < -0.39 is 12.0 Å². The van der Waals surface area contributed by atoms with E-state index >= 15 is 0 Å². The number of carboxylic acids is 1. The van der Waals surface area contributed by atoms with Crippen LogP contribution in [-0.2, 0) is 16.6 Å². The Labute approximate surface area is 142 Å². The summed E-state index contributed by atoms with van der Waals surface area (Å²) in [5.41, 5.74) is 2.66. The minimum absolute atomic E-state index is 0.117. The van der Waals surface area contributed by atoms with Crippen molar-refractivity contribution in [3.05, 3.63) is 35.5 Å². The molecule has 0 radical (unpaired) electrons. The lowest BCUT2D eigenvalue weighted by molar-refractivity contribution is -0.147. The SMILES string of the molecule is CC1=C(C(=O)O)N2C(=O)C(Nc3nc4ccccc4n3C)[C@H]2SC1. The van der Waals surface area contributed by atoms with Gasteiger partial charge in [0.25, 0.3) is 5.91 Å². The molecule has 0 spiro atoms. The number of nitrogens with one attached hydrogen (secondary N) is 1. The van der Waals surface area contributed by atoms with Crippen LogP contribution in [0, 0.1) is 0 Å². The number of β-lactam (4-membered cyclic amide) rings is 1. The Morgan fingerprint density at radius 3 is 2.88 bits per heavy atom. The fourth-order valence-corrected chi connectivity index (χ4v) is 4.48. The van der Waals surface area contributed by atoms with Crippen molar-refractivity contribution in [3.8, 4) is 0 Å². The van der Waals surface area contributed by atoms with Gasteiger partial charge in [0.05, 0.1) is 11.0 Å². The van der Waals surface area contributed by atoms with Gasteiger partial charge < -0.3 is 15.0 Å². The largest absolute Gasteiger partial charge is 0.477 e. The van der Waals surface area contributed by atoms with Crippen molar-refractivity contribution in [2.75, 3.05) is 11.1 Å². The quantitative estimate of drug-likeness (QED) is 0.823. The van der Waals surface area contributed by atoms with Gasteiger partial charge in [-0.15, -0.1) is 11.8 Å². The van der Waals surface area contributed by atoms with Crippen molar-refractivity contribution in [1.29, 1.82) is 0 Å². The minimum atomic E-state index is -1.05. The van der Waals surface area contributed by atoms with E-state index in [1.807, 2.05) is 35.9 Å². The molecule has 124 valence electrons. The summed E-state index contributed by atoms with van der Waals surface area (Å²) in [6, 6.07) is 7.27. The summed E-state index contributed by atoms with van der Waals surface area (Å²) in [6.45, 7) is 1.76. The third kappa shape index (κ3) is 2.02. The van der Waals surface area contributed by atoms with E-state index in [0.717, 1.165) is 16.6 Å².